The molecule has 90 valence electrons. The monoisotopic (exact) mass is 233 g/mol. The van der Waals surface area contributed by atoms with Gasteiger partial charge in [-0.25, -0.2) is 4.79 Å². The third-order valence-electron chi connectivity index (χ3n) is 2.96. The van der Waals surface area contributed by atoms with Crippen LogP contribution in [0.25, 0.3) is 5.57 Å². The summed E-state index contributed by atoms with van der Waals surface area (Å²) in [6, 6.07) is 7.49. The molecule has 0 bridgehead atoms. The lowest BCUT2D eigenvalue weighted by Crippen LogP contribution is -2.37. The van der Waals surface area contributed by atoms with Crippen LogP contribution in [0, 0.1) is 6.92 Å². The lowest BCUT2D eigenvalue weighted by atomic mass is 10.0. The standard InChI is InChI=1S/C13H15NO3/c1-9-3-2-4-10(5-9)11-6-12(8-15)14(7-11)13(16)17/h2-6,12,15H,7-8H2,1H3,(H,16,17)/t12-/m0/s1. The normalized spacial score (nSPS) is 19.3. The van der Waals surface area contributed by atoms with Crippen molar-refractivity contribution in [3.63, 3.8) is 0 Å². The number of aliphatic hydroxyl groups excluding tert-OH is 1. The van der Waals surface area contributed by atoms with E-state index >= 15 is 0 Å². The van der Waals surface area contributed by atoms with Crippen LogP contribution in [-0.4, -0.2) is 40.4 Å². The molecule has 1 heterocycles. The van der Waals surface area contributed by atoms with Crippen molar-refractivity contribution in [1.29, 1.82) is 0 Å². The topological polar surface area (TPSA) is 60.8 Å². The van der Waals surface area contributed by atoms with E-state index in [1.807, 2.05) is 37.3 Å². The summed E-state index contributed by atoms with van der Waals surface area (Å²) in [5.74, 6) is 0. The summed E-state index contributed by atoms with van der Waals surface area (Å²) in [5.41, 5.74) is 3.11. The zero-order valence-corrected chi connectivity index (χ0v) is 9.63. The Hall–Kier alpha value is -1.81. The Morgan fingerprint density at radius 3 is 2.82 bits per heavy atom. The van der Waals surface area contributed by atoms with Crippen molar-refractivity contribution in [2.24, 2.45) is 0 Å². The molecule has 4 heteroatoms. The highest BCUT2D eigenvalue weighted by molar-refractivity contribution is 5.77. The minimum absolute atomic E-state index is 0.179. The summed E-state index contributed by atoms with van der Waals surface area (Å²) in [6.45, 7) is 2.16. The number of hydrogen-bond donors (Lipinski definition) is 2. The van der Waals surface area contributed by atoms with Crippen LogP contribution in [0.3, 0.4) is 0 Å². The highest BCUT2D eigenvalue weighted by atomic mass is 16.4. The van der Waals surface area contributed by atoms with Gasteiger partial charge in [0.25, 0.3) is 0 Å². The first-order valence-electron chi connectivity index (χ1n) is 5.50. The number of aliphatic hydroxyl groups is 1. The zero-order chi connectivity index (χ0) is 12.4. The SMILES string of the molecule is Cc1cccc(C2=C[C@@H](CO)N(C(=O)O)C2)c1. The maximum Gasteiger partial charge on any atom is 0.408 e. The van der Waals surface area contributed by atoms with E-state index in [0.29, 0.717) is 6.54 Å². The smallest absolute Gasteiger partial charge is 0.408 e. The number of aryl methyl sites for hydroxylation is 1. The molecule has 2 rings (SSSR count). The van der Waals surface area contributed by atoms with Crippen LogP contribution >= 0.6 is 0 Å². The number of benzene rings is 1. The number of hydrogen-bond acceptors (Lipinski definition) is 2. The first-order chi connectivity index (χ1) is 8.11. The van der Waals surface area contributed by atoms with Gasteiger partial charge in [0.1, 0.15) is 0 Å². The molecule has 1 aliphatic rings. The van der Waals surface area contributed by atoms with Crippen LogP contribution in [0.2, 0.25) is 0 Å². The second kappa shape index (κ2) is 4.59. The molecule has 2 N–H and O–H groups in total. The lowest BCUT2D eigenvalue weighted by molar-refractivity contribution is 0.125. The van der Waals surface area contributed by atoms with Crippen LogP contribution in [0.15, 0.2) is 30.3 Å². The van der Waals surface area contributed by atoms with Crippen LogP contribution in [0.1, 0.15) is 11.1 Å². The van der Waals surface area contributed by atoms with E-state index in [0.717, 1.165) is 16.7 Å². The molecule has 0 radical (unpaired) electrons. The fourth-order valence-electron chi connectivity index (χ4n) is 2.07. The molecule has 0 fully saturated rings. The summed E-state index contributed by atoms with van der Waals surface area (Å²) in [6.07, 6.45) is 0.825. The summed E-state index contributed by atoms with van der Waals surface area (Å²) in [7, 11) is 0. The third kappa shape index (κ3) is 2.31. The molecular weight excluding hydrogens is 218 g/mol. The van der Waals surface area contributed by atoms with Crippen LogP contribution in [0.5, 0.6) is 0 Å². The average Bonchev–Trinajstić information content (AvgIpc) is 2.73. The molecule has 4 nitrogen and oxygen atoms in total. The predicted octanol–water partition coefficient (Wildman–Crippen LogP) is 1.73. The van der Waals surface area contributed by atoms with Crippen molar-refractivity contribution in [3.8, 4) is 0 Å². The summed E-state index contributed by atoms with van der Waals surface area (Å²) in [4.78, 5) is 12.2. The predicted molar refractivity (Wildman–Crippen MR) is 64.8 cm³/mol. The Balaban J connectivity index is 2.27. The first kappa shape index (κ1) is 11.7. The van der Waals surface area contributed by atoms with Crippen molar-refractivity contribution in [2.75, 3.05) is 13.2 Å². The van der Waals surface area contributed by atoms with Crippen LogP contribution in [-0.2, 0) is 0 Å². The van der Waals surface area contributed by atoms with Gasteiger partial charge in [-0.2, -0.15) is 0 Å². The largest absolute Gasteiger partial charge is 0.465 e. The number of rotatable bonds is 2. The molecule has 1 aromatic rings. The maximum absolute atomic E-state index is 11.0. The Morgan fingerprint density at radius 1 is 1.53 bits per heavy atom. The van der Waals surface area contributed by atoms with Gasteiger partial charge in [0.05, 0.1) is 19.2 Å². The molecule has 1 aliphatic heterocycles. The van der Waals surface area contributed by atoms with Gasteiger partial charge in [-0.05, 0) is 18.1 Å². The second-order valence-corrected chi connectivity index (χ2v) is 4.22. The number of carbonyl (C=O) groups is 1. The van der Waals surface area contributed by atoms with E-state index in [4.69, 9.17) is 10.2 Å². The van der Waals surface area contributed by atoms with Crippen molar-refractivity contribution in [1.82, 2.24) is 4.90 Å². The molecule has 0 saturated carbocycles. The summed E-state index contributed by atoms with van der Waals surface area (Å²) >= 11 is 0. The van der Waals surface area contributed by atoms with Gasteiger partial charge >= 0.3 is 6.09 Å². The number of nitrogens with zero attached hydrogens (tertiary/aromatic N) is 1. The molecule has 1 aromatic carbocycles. The molecule has 1 amide bonds. The molecule has 17 heavy (non-hydrogen) atoms. The zero-order valence-electron chi connectivity index (χ0n) is 9.63. The highest BCUT2D eigenvalue weighted by Gasteiger charge is 2.28. The van der Waals surface area contributed by atoms with Crippen LogP contribution in [0.4, 0.5) is 4.79 Å². The second-order valence-electron chi connectivity index (χ2n) is 4.22. The Labute approximate surface area is 99.8 Å². The van der Waals surface area contributed by atoms with Gasteiger partial charge in [-0.1, -0.05) is 35.9 Å². The quantitative estimate of drug-likeness (QED) is 0.817. The van der Waals surface area contributed by atoms with E-state index in [2.05, 4.69) is 0 Å². The van der Waals surface area contributed by atoms with Crippen molar-refractivity contribution in [2.45, 2.75) is 13.0 Å². The van der Waals surface area contributed by atoms with Gasteiger partial charge < -0.3 is 10.2 Å². The van der Waals surface area contributed by atoms with Crippen molar-refractivity contribution in [3.05, 3.63) is 41.5 Å². The Morgan fingerprint density at radius 2 is 2.29 bits per heavy atom. The average molecular weight is 233 g/mol. The van der Waals surface area contributed by atoms with Crippen LogP contribution < -0.4 is 0 Å². The van der Waals surface area contributed by atoms with E-state index in [1.54, 1.807) is 0 Å². The molecule has 1 atom stereocenters. The minimum Gasteiger partial charge on any atom is -0.465 e. The molecular formula is C13H15NO3. The number of amides is 1. The Kier molecular flexibility index (Phi) is 3.15. The molecule has 0 saturated heterocycles. The summed E-state index contributed by atoms with van der Waals surface area (Å²) < 4.78 is 0. The van der Waals surface area contributed by atoms with Gasteiger partial charge in [0.2, 0.25) is 0 Å². The van der Waals surface area contributed by atoms with Gasteiger partial charge in [-0.3, -0.25) is 4.90 Å². The van der Waals surface area contributed by atoms with E-state index in [-0.39, 0.29) is 6.61 Å². The van der Waals surface area contributed by atoms with Gasteiger partial charge in [-0.15, -0.1) is 0 Å². The highest BCUT2D eigenvalue weighted by Crippen LogP contribution is 2.25. The maximum atomic E-state index is 11.0. The first-order valence-corrected chi connectivity index (χ1v) is 5.50. The lowest BCUT2D eigenvalue weighted by Gasteiger charge is -2.19. The van der Waals surface area contributed by atoms with E-state index in [1.165, 1.54) is 4.90 Å². The van der Waals surface area contributed by atoms with Gasteiger partial charge in [0, 0.05) is 0 Å². The van der Waals surface area contributed by atoms with Gasteiger partial charge in [0.15, 0.2) is 0 Å². The minimum atomic E-state index is -0.997. The Bertz CT molecular complexity index is 467. The fourth-order valence-corrected chi connectivity index (χ4v) is 2.07. The summed E-state index contributed by atoms with van der Waals surface area (Å²) in [5, 5.41) is 18.2. The third-order valence-corrected chi connectivity index (χ3v) is 2.96. The molecule has 0 aliphatic carbocycles. The number of carboxylic acid groups (broad SMARTS) is 1. The van der Waals surface area contributed by atoms with Crippen molar-refractivity contribution >= 4 is 11.7 Å². The van der Waals surface area contributed by atoms with Crippen molar-refractivity contribution < 1.29 is 15.0 Å². The molecule has 0 aromatic heterocycles. The molecule has 0 spiro atoms. The molecule has 0 unspecified atom stereocenters. The fraction of sp³-hybridized carbons (Fsp3) is 0.308. The van der Waals surface area contributed by atoms with E-state index in [9.17, 15) is 4.79 Å². The van der Waals surface area contributed by atoms with E-state index < -0.39 is 12.1 Å².